The molecular weight excluding hydrogens is 278 g/mol. The van der Waals surface area contributed by atoms with Crippen LogP contribution in [0.3, 0.4) is 0 Å². The molecule has 1 aliphatic rings. The smallest absolute Gasteiger partial charge is 0.329 e. The number of aliphatic carboxylic acids is 1. The minimum atomic E-state index is -3.39. The van der Waals surface area contributed by atoms with E-state index in [4.69, 9.17) is 0 Å². The molecular formula is C14H19NO4S. The third kappa shape index (κ3) is 2.65. The molecule has 2 rings (SSSR count). The van der Waals surface area contributed by atoms with E-state index in [0.29, 0.717) is 5.69 Å². The van der Waals surface area contributed by atoms with E-state index in [9.17, 15) is 18.3 Å². The number of carboxylic acids is 1. The van der Waals surface area contributed by atoms with Crippen molar-refractivity contribution in [3.63, 3.8) is 0 Å². The summed E-state index contributed by atoms with van der Waals surface area (Å²) in [7, 11) is -3.39. The van der Waals surface area contributed by atoms with Gasteiger partial charge in [0.2, 0.25) is 0 Å². The lowest BCUT2D eigenvalue weighted by Crippen LogP contribution is -2.45. The molecule has 1 aliphatic carbocycles. The Bertz CT molecular complexity index is 622. The van der Waals surface area contributed by atoms with E-state index in [1.165, 1.54) is 6.07 Å². The summed E-state index contributed by atoms with van der Waals surface area (Å²) in [5.74, 6) is -0.931. The normalized spacial score (nSPS) is 18.3. The SMILES string of the molecule is CCS(=O)(=O)c1ccccc1NC(C)(C(=O)O)C1CC1. The third-order valence-corrected chi connectivity index (χ3v) is 5.62. The first kappa shape index (κ1) is 14.8. The molecule has 0 spiro atoms. The molecule has 1 aromatic carbocycles. The summed E-state index contributed by atoms with van der Waals surface area (Å²) in [6.07, 6.45) is 1.69. The Morgan fingerprint density at radius 1 is 1.40 bits per heavy atom. The predicted molar refractivity (Wildman–Crippen MR) is 76.6 cm³/mol. The van der Waals surface area contributed by atoms with Crippen molar-refractivity contribution in [1.29, 1.82) is 0 Å². The van der Waals surface area contributed by atoms with Crippen LogP contribution in [0, 0.1) is 5.92 Å². The van der Waals surface area contributed by atoms with Gasteiger partial charge in [-0.1, -0.05) is 19.1 Å². The number of para-hydroxylation sites is 1. The van der Waals surface area contributed by atoms with E-state index in [2.05, 4.69) is 5.32 Å². The number of carboxylic acid groups (broad SMARTS) is 1. The van der Waals surface area contributed by atoms with Crippen LogP contribution in [0.1, 0.15) is 26.7 Å². The van der Waals surface area contributed by atoms with Gasteiger partial charge in [0.15, 0.2) is 9.84 Å². The highest BCUT2D eigenvalue weighted by Gasteiger charge is 2.48. The molecule has 0 amide bonds. The zero-order valence-electron chi connectivity index (χ0n) is 11.6. The second kappa shape index (κ2) is 5.09. The summed E-state index contributed by atoms with van der Waals surface area (Å²) in [6, 6.07) is 6.47. The van der Waals surface area contributed by atoms with Crippen LogP contribution in [0.2, 0.25) is 0 Å². The molecule has 6 heteroatoms. The minimum absolute atomic E-state index is 0.0150. The average molecular weight is 297 g/mol. The van der Waals surface area contributed by atoms with Gasteiger partial charge in [-0.25, -0.2) is 13.2 Å². The molecule has 1 unspecified atom stereocenters. The van der Waals surface area contributed by atoms with Crippen LogP contribution in [0.15, 0.2) is 29.2 Å². The Morgan fingerprint density at radius 3 is 2.50 bits per heavy atom. The van der Waals surface area contributed by atoms with Crippen LogP contribution < -0.4 is 5.32 Å². The molecule has 110 valence electrons. The molecule has 1 saturated carbocycles. The molecule has 2 N–H and O–H groups in total. The fraction of sp³-hybridized carbons (Fsp3) is 0.500. The van der Waals surface area contributed by atoms with Crippen molar-refractivity contribution in [1.82, 2.24) is 0 Å². The summed E-state index contributed by atoms with van der Waals surface area (Å²) in [5.41, 5.74) is -0.759. The molecule has 1 atom stereocenters. The van der Waals surface area contributed by atoms with E-state index in [1.54, 1.807) is 32.0 Å². The van der Waals surface area contributed by atoms with Crippen LogP contribution in [-0.2, 0) is 14.6 Å². The van der Waals surface area contributed by atoms with Gasteiger partial charge in [-0.15, -0.1) is 0 Å². The number of anilines is 1. The highest BCUT2D eigenvalue weighted by molar-refractivity contribution is 7.91. The van der Waals surface area contributed by atoms with E-state index >= 15 is 0 Å². The molecule has 20 heavy (non-hydrogen) atoms. The van der Waals surface area contributed by atoms with E-state index in [-0.39, 0.29) is 16.6 Å². The first-order valence-corrected chi connectivity index (χ1v) is 8.30. The molecule has 1 fully saturated rings. The van der Waals surface area contributed by atoms with Gasteiger partial charge in [-0.05, 0) is 37.8 Å². The van der Waals surface area contributed by atoms with E-state index in [0.717, 1.165) is 12.8 Å². The molecule has 0 aromatic heterocycles. The van der Waals surface area contributed by atoms with Gasteiger partial charge in [-0.3, -0.25) is 0 Å². The fourth-order valence-electron chi connectivity index (χ4n) is 2.27. The number of benzene rings is 1. The van der Waals surface area contributed by atoms with Gasteiger partial charge in [0.05, 0.1) is 16.3 Å². The minimum Gasteiger partial charge on any atom is -0.480 e. The lowest BCUT2D eigenvalue weighted by molar-refractivity contribution is -0.142. The van der Waals surface area contributed by atoms with Gasteiger partial charge in [-0.2, -0.15) is 0 Å². The average Bonchev–Trinajstić information content (AvgIpc) is 3.23. The Labute approximate surface area is 118 Å². The maximum absolute atomic E-state index is 12.1. The van der Waals surface area contributed by atoms with Crippen LogP contribution in [-0.4, -0.2) is 30.8 Å². The molecule has 0 radical (unpaired) electrons. The maximum Gasteiger partial charge on any atom is 0.329 e. The molecule has 0 bridgehead atoms. The first-order chi connectivity index (χ1) is 9.31. The highest BCUT2D eigenvalue weighted by atomic mass is 32.2. The number of nitrogens with one attached hydrogen (secondary N) is 1. The van der Waals surface area contributed by atoms with Crippen LogP contribution in [0.4, 0.5) is 5.69 Å². The van der Waals surface area contributed by atoms with Crippen molar-refractivity contribution in [3.05, 3.63) is 24.3 Å². The maximum atomic E-state index is 12.1. The van der Waals surface area contributed by atoms with E-state index < -0.39 is 21.3 Å². The largest absolute Gasteiger partial charge is 0.480 e. The number of carbonyl (C=O) groups is 1. The van der Waals surface area contributed by atoms with Crippen molar-refractivity contribution < 1.29 is 18.3 Å². The molecule has 5 nitrogen and oxygen atoms in total. The second-order valence-corrected chi connectivity index (χ2v) is 7.55. The first-order valence-electron chi connectivity index (χ1n) is 6.64. The number of sulfone groups is 1. The summed E-state index contributed by atoms with van der Waals surface area (Å²) in [6.45, 7) is 3.19. The zero-order chi connectivity index (χ0) is 15.0. The Balaban J connectivity index is 2.41. The fourth-order valence-corrected chi connectivity index (χ4v) is 3.32. The number of hydrogen-bond acceptors (Lipinski definition) is 4. The standard InChI is InChI=1S/C14H19NO4S/c1-3-20(18,19)12-7-5-4-6-11(12)15-14(2,13(16)17)10-8-9-10/h4-7,10,15H,3,8-9H2,1-2H3,(H,16,17). The molecule has 1 aromatic rings. The zero-order valence-corrected chi connectivity index (χ0v) is 12.4. The summed E-state index contributed by atoms with van der Waals surface area (Å²) in [5, 5.41) is 12.4. The molecule has 0 saturated heterocycles. The quantitative estimate of drug-likeness (QED) is 0.840. The molecule has 0 heterocycles. The van der Waals surface area contributed by atoms with Crippen molar-refractivity contribution in [3.8, 4) is 0 Å². The van der Waals surface area contributed by atoms with Crippen molar-refractivity contribution in [2.45, 2.75) is 37.1 Å². The lowest BCUT2D eigenvalue weighted by atomic mass is 9.95. The highest BCUT2D eigenvalue weighted by Crippen LogP contribution is 2.42. The van der Waals surface area contributed by atoms with Gasteiger partial charge < -0.3 is 10.4 Å². The topological polar surface area (TPSA) is 83.5 Å². The number of rotatable bonds is 6. The van der Waals surface area contributed by atoms with Crippen LogP contribution in [0.5, 0.6) is 0 Å². The van der Waals surface area contributed by atoms with Crippen LogP contribution in [0.25, 0.3) is 0 Å². The Morgan fingerprint density at radius 2 is 2.00 bits per heavy atom. The summed E-state index contributed by atoms with van der Waals surface area (Å²) < 4.78 is 24.2. The summed E-state index contributed by atoms with van der Waals surface area (Å²) >= 11 is 0. The lowest BCUT2D eigenvalue weighted by Gasteiger charge is -2.28. The van der Waals surface area contributed by atoms with Gasteiger partial charge in [0.1, 0.15) is 5.54 Å². The summed E-state index contributed by atoms with van der Waals surface area (Å²) in [4.78, 5) is 11.7. The van der Waals surface area contributed by atoms with Crippen molar-refractivity contribution in [2.75, 3.05) is 11.1 Å². The van der Waals surface area contributed by atoms with E-state index in [1.807, 2.05) is 0 Å². The van der Waals surface area contributed by atoms with Crippen LogP contribution >= 0.6 is 0 Å². The second-order valence-electron chi connectivity index (χ2n) is 5.31. The van der Waals surface area contributed by atoms with Gasteiger partial charge in [0.25, 0.3) is 0 Å². The monoisotopic (exact) mass is 297 g/mol. The predicted octanol–water partition coefficient (Wildman–Crippen LogP) is 2.15. The van der Waals surface area contributed by atoms with Crippen molar-refractivity contribution in [2.24, 2.45) is 5.92 Å². The Kier molecular flexibility index (Phi) is 3.77. The number of hydrogen-bond donors (Lipinski definition) is 2. The van der Waals surface area contributed by atoms with Crippen molar-refractivity contribution >= 4 is 21.5 Å². The third-order valence-electron chi connectivity index (χ3n) is 3.83. The van der Waals surface area contributed by atoms with Gasteiger partial charge in [0, 0.05) is 0 Å². The molecule has 0 aliphatic heterocycles. The van der Waals surface area contributed by atoms with Gasteiger partial charge >= 0.3 is 5.97 Å². The Hall–Kier alpha value is -1.56.